The lowest BCUT2D eigenvalue weighted by Crippen LogP contribution is -2.48. The maximum atomic E-state index is 12.5. The van der Waals surface area contributed by atoms with Crippen molar-refractivity contribution in [2.75, 3.05) is 39.9 Å². The van der Waals surface area contributed by atoms with Gasteiger partial charge in [0.2, 0.25) is 0 Å². The second kappa shape index (κ2) is 9.55. The Bertz CT molecular complexity index is 772. The van der Waals surface area contributed by atoms with Gasteiger partial charge < -0.3 is 14.4 Å². The zero-order chi connectivity index (χ0) is 19.9. The number of benzene rings is 1. The van der Waals surface area contributed by atoms with Gasteiger partial charge in [0, 0.05) is 50.7 Å². The average molecular weight is 383 g/mol. The fourth-order valence-corrected chi connectivity index (χ4v) is 3.23. The Morgan fingerprint density at radius 1 is 1.07 bits per heavy atom. The highest BCUT2D eigenvalue weighted by Gasteiger charge is 2.22. The lowest BCUT2D eigenvalue weighted by Gasteiger charge is -2.34. The third kappa shape index (κ3) is 5.23. The molecular weight excluding hydrogens is 354 g/mol. The molecule has 1 amide bonds. The minimum atomic E-state index is 0.0790. The van der Waals surface area contributed by atoms with E-state index in [9.17, 15) is 4.79 Å². The molecule has 3 rings (SSSR count). The molecule has 1 aliphatic heterocycles. The lowest BCUT2D eigenvalue weighted by molar-refractivity contribution is 0.0628. The van der Waals surface area contributed by atoms with Crippen molar-refractivity contribution in [2.24, 2.45) is 5.92 Å². The SMILES string of the molecule is COc1cc(CN2CCN(C(=O)c3ccncc3)CC2)ccc1OCC(C)C. The molecule has 0 spiro atoms. The van der Waals surface area contributed by atoms with Gasteiger partial charge in [0.15, 0.2) is 11.5 Å². The van der Waals surface area contributed by atoms with Crippen LogP contribution in [0.3, 0.4) is 0 Å². The molecule has 0 radical (unpaired) electrons. The van der Waals surface area contributed by atoms with E-state index in [1.165, 1.54) is 5.56 Å². The van der Waals surface area contributed by atoms with Gasteiger partial charge in [0.05, 0.1) is 13.7 Å². The molecule has 28 heavy (non-hydrogen) atoms. The highest BCUT2D eigenvalue weighted by atomic mass is 16.5. The van der Waals surface area contributed by atoms with E-state index in [0.717, 1.165) is 44.2 Å². The standard InChI is InChI=1S/C22H29N3O3/c1-17(2)16-28-20-5-4-18(14-21(20)27-3)15-24-10-12-25(13-11-24)22(26)19-6-8-23-9-7-19/h4-9,14,17H,10-13,15-16H2,1-3H3. The van der Waals surface area contributed by atoms with Gasteiger partial charge in [-0.1, -0.05) is 19.9 Å². The number of hydrogen-bond acceptors (Lipinski definition) is 5. The summed E-state index contributed by atoms with van der Waals surface area (Å²) in [7, 11) is 1.67. The fourth-order valence-electron chi connectivity index (χ4n) is 3.23. The van der Waals surface area contributed by atoms with Crippen LogP contribution in [0.15, 0.2) is 42.7 Å². The molecule has 0 aliphatic carbocycles. The number of hydrogen-bond donors (Lipinski definition) is 0. The van der Waals surface area contributed by atoms with Crippen LogP contribution in [0.2, 0.25) is 0 Å². The molecule has 0 N–H and O–H groups in total. The Balaban J connectivity index is 1.55. The predicted molar refractivity (Wildman–Crippen MR) is 109 cm³/mol. The molecule has 1 aromatic carbocycles. The number of rotatable bonds is 7. The third-order valence-corrected chi connectivity index (χ3v) is 4.79. The summed E-state index contributed by atoms with van der Waals surface area (Å²) < 4.78 is 11.3. The first-order valence-electron chi connectivity index (χ1n) is 9.78. The second-order valence-corrected chi connectivity index (χ2v) is 7.49. The molecule has 6 heteroatoms. The van der Waals surface area contributed by atoms with Crippen LogP contribution in [0.5, 0.6) is 11.5 Å². The molecule has 0 saturated carbocycles. The quantitative estimate of drug-likeness (QED) is 0.735. The van der Waals surface area contributed by atoms with Crippen molar-refractivity contribution in [3.63, 3.8) is 0 Å². The molecule has 2 aromatic rings. The Morgan fingerprint density at radius 3 is 2.43 bits per heavy atom. The minimum Gasteiger partial charge on any atom is -0.493 e. The smallest absolute Gasteiger partial charge is 0.254 e. The first-order valence-corrected chi connectivity index (χ1v) is 9.78. The average Bonchev–Trinajstić information content (AvgIpc) is 2.73. The highest BCUT2D eigenvalue weighted by molar-refractivity contribution is 5.94. The first-order chi connectivity index (χ1) is 13.6. The number of nitrogens with zero attached hydrogens (tertiary/aromatic N) is 3. The summed E-state index contributed by atoms with van der Waals surface area (Å²) in [4.78, 5) is 20.8. The number of ether oxygens (including phenoxy) is 2. The Morgan fingerprint density at radius 2 is 1.79 bits per heavy atom. The summed E-state index contributed by atoms with van der Waals surface area (Å²) in [5.74, 6) is 2.10. The number of aromatic nitrogens is 1. The van der Waals surface area contributed by atoms with Crippen LogP contribution in [-0.2, 0) is 6.54 Å². The molecule has 2 heterocycles. The molecule has 150 valence electrons. The van der Waals surface area contributed by atoms with Crippen molar-refractivity contribution >= 4 is 5.91 Å². The molecule has 1 aromatic heterocycles. The molecule has 1 aliphatic rings. The van der Waals surface area contributed by atoms with Gasteiger partial charge >= 0.3 is 0 Å². The lowest BCUT2D eigenvalue weighted by atomic mass is 10.1. The van der Waals surface area contributed by atoms with E-state index in [-0.39, 0.29) is 5.91 Å². The predicted octanol–water partition coefficient (Wildman–Crippen LogP) is 3.08. The molecule has 1 fully saturated rings. The molecular formula is C22H29N3O3. The highest BCUT2D eigenvalue weighted by Crippen LogP contribution is 2.29. The van der Waals surface area contributed by atoms with Crippen LogP contribution in [-0.4, -0.2) is 60.6 Å². The van der Waals surface area contributed by atoms with Crippen molar-refractivity contribution in [1.82, 2.24) is 14.8 Å². The van der Waals surface area contributed by atoms with Crippen molar-refractivity contribution in [3.05, 3.63) is 53.9 Å². The third-order valence-electron chi connectivity index (χ3n) is 4.79. The van der Waals surface area contributed by atoms with E-state index in [1.807, 2.05) is 17.0 Å². The van der Waals surface area contributed by atoms with Crippen LogP contribution in [0.4, 0.5) is 0 Å². The zero-order valence-electron chi connectivity index (χ0n) is 16.9. The van der Waals surface area contributed by atoms with E-state index in [4.69, 9.17) is 9.47 Å². The van der Waals surface area contributed by atoms with Crippen LogP contribution in [0.1, 0.15) is 29.8 Å². The Kier molecular flexibility index (Phi) is 6.87. The van der Waals surface area contributed by atoms with E-state index >= 15 is 0 Å². The number of amides is 1. The van der Waals surface area contributed by atoms with Crippen molar-refractivity contribution in [1.29, 1.82) is 0 Å². The van der Waals surface area contributed by atoms with Gasteiger partial charge in [-0.15, -0.1) is 0 Å². The number of pyridine rings is 1. The fraction of sp³-hybridized carbons (Fsp3) is 0.455. The summed E-state index contributed by atoms with van der Waals surface area (Å²) >= 11 is 0. The largest absolute Gasteiger partial charge is 0.493 e. The van der Waals surface area contributed by atoms with Gasteiger partial charge in [0.25, 0.3) is 5.91 Å². The van der Waals surface area contributed by atoms with Gasteiger partial charge in [-0.2, -0.15) is 0 Å². The first kappa shape index (κ1) is 20.1. The molecule has 0 atom stereocenters. The van der Waals surface area contributed by atoms with Gasteiger partial charge in [-0.3, -0.25) is 14.7 Å². The monoisotopic (exact) mass is 383 g/mol. The second-order valence-electron chi connectivity index (χ2n) is 7.49. The molecule has 6 nitrogen and oxygen atoms in total. The Hall–Kier alpha value is -2.60. The van der Waals surface area contributed by atoms with Gasteiger partial charge in [0.1, 0.15) is 0 Å². The maximum Gasteiger partial charge on any atom is 0.254 e. The van der Waals surface area contributed by atoms with E-state index < -0.39 is 0 Å². The van der Waals surface area contributed by atoms with Crippen LogP contribution in [0, 0.1) is 5.92 Å². The molecule has 0 unspecified atom stereocenters. The minimum absolute atomic E-state index is 0.0790. The van der Waals surface area contributed by atoms with E-state index in [1.54, 1.807) is 31.6 Å². The topological polar surface area (TPSA) is 54.9 Å². The summed E-state index contributed by atoms with van der Waals surface area (Å²) in [6.07, 6.45) is 3.32. The van der Waals surface area contributed by atoms with Crippen molar-refractivity contribution in [3.8, 4) is 11.5 Å². The normalized spacial score (nSPS) is 14.9. The molecule has 1 saturated heterocycles. The summed E-state index contributed by atoms with van der Waals surface area (Å²) in [6.45, 7) is 8.92. The van der Waals surface area contributed by atoms with Crippen LogP contribution in [0.25, 0.3) is 0 Å². The van der Waals surface area contributed by atoms with Crippen molar-refractivity contribution < 1.29 is 14.3 Å². The van der Waals surface area contributed by atoms with Gasteiger partial charge in [-0.05, 0) is 35.7 Å². The summed E-state index contributed by atoms with van der Waals surface area (Å²) in [6, 6.07) is 9.66. The number of piperazine rings is 1. The van der Waals surface area contributed by atoms with Crippen LogP contribution < -0.4 is 9.47 Å². The number of carbonyl (C=O) groups excluding carboxylic acids is 1. The van der Waals surface area contributed by atoms with Crippen LogP contribution >= 0.6 is 0 Å². The summed E-state index contributed by atoms with van der Waals surface area (Å²) in [5, 5.41) is 0. The Labute approximate surface area is 167 Å². The summed E-state index contributed by atoms with van der Waals surface area (Å²) in [5.41, 5.74) is 1.88. The van der Waals surface area contributed by atoms with Gasteiger partial charge in [-0.25, -0.2) is 0 Å². The number of methoxy groups -OCH3 is 1. The number of carbonyl (C=O) groups is 1. The van der Waals surface area contributed by atoms with E-state index in [0.29, 0.717) is 18.1 Å². The van der Waals surface area contributed by atoms with Crippen molar-refractivity contribution in [2.45, 2.75) is 20.4 Å². The zero-order valence-corrected chi connectivity index (χ0v) is 16.9. The maximum absolute atomic E-state index is 12.5. The van der Waals surface area contributed by atoms with E-state index in [2.05, 4.69) is 29.8 Å². The molecule has 0 bridgehead atoms.